The number of benzene rings is 2. The van der Waals surface area contributed by atoms with E-state index in [2.05, 4.69) is 33.5 Å². The van der Waals surface area contributed by atoms with Crippen molar-refractivity contribution in [1.82, 2.24) is 14.5 Å². The Balaban J connectivity index is 1.58. The molecule has 0 aliphatic carbocycles. The van der Waals surface area contributed by atoms with Crippen molar-refractivity contribution >= 4 is 22.5 Å². The molecule has 1 unspecified atom stereocenters. The predicted octanol–water partition coefficient (Wildman–Crippen LogP) is 5.85. The van der Waals surface area contributed by atoms with E-state index in [1.807, 2.05) is 6.92 Å². The average Bonchev–Trinajstić information content (AvgIpc) is 2.94. The van der Waals surface area contributed by atoms with Crippen LogP contribution in [-0.4, -0.2) is 46.2 Å². The van der Waals surface area contributed by atoms with Gasteiger partial charge in [0.2, 0.25) is 5.52 Å². The molecule has 2 aromatic carbocycles. The summed E-state index contributed by atoms with van der Waals surface area (Å²) in [6.07, 6.45) is 0. The number of ether oxygens (including phenoxy) is 1. The highest BCUT2D eigenvalue weighted by atomic mass is 19.1. The van der Waals surface area contributed by atoms with Gasteiger partial charge in [-0.2, -0.15) is 0 Å². The van der Waals surface area contributed by atoms with Crippen LogP contribution in [0.4, 0.5) is 20.3 Å². The molecule has 1 fully saturated rings. The third-order valence-electron chi connectivity index (χ3n) is 7.60. The van der Waals surface area contributed by atoms with Gasteiger partial charge in [-0.25, -0.2) is 8.78 Å². The van der Waals surface area contributed by atoms with E-state index in [9.17, 15) is 13.6 Å². The molecule has 1 saturated heterocycles. The molecule has 206 valence electrons. The number of hydrogen-bond donors (Lipinski definition) is 0. The number of halogens is 2. The Morgan fingerprint density at radius 2 is 1.75 bits per heavy atom. The molecule has 0 radical (unpaired) electrons. The Morgan fingerprint density at radius 1 is 1.02 bits per heavy atom. The molecule has 1 aliphatic rings. The number of aromatic nitrogens is 2. The van der Waals surface area contributed by atoms with Crippen LogP contribution in [0.1, 0.15) is 37.9 Å². The van der Waals surface area contributed by atoms with Gasteiger partial charge in [0.1, 0.15) is 17.4 Å². The summed E-state index contributed by atoms with van der Waals surface area (Å²) in [5.41, 5.74) is 3.47. The summed E-state index contributed by atoms with van der Waals surface area (Å²) >= 11 is 0. The highest BCUT2D eigenvalue weighted by molar-refractivity contribution is 5.89. The van der Waals surface area contributed by atoms with E-state index < -0.39 is 0 Å². The number of fused-ring (bicyclic) bond motifs is 1. The normalized spacial score (nSPS) is 18.5. The summed E-state index contributed by atoms with van der Waals surface area (Å²) in [7, 11) is 1.70. The van der Waals surface area contributed by atoms with Crippen molar-refractivity contribution in [2.75, 3.05) is 24.6 Å². The van der Waals surface area contributed by atoms with Gasteiger partial charge < -0.3 is 19.0 Å². The zero-order valence-electron chi connectivity index (χ0n) is 22.9. The van der Waals surface area contributed by atoms with Crippen molar-refractivity contribution in [2.24, 2.45) is 7.05 Å². The van der Waals surface area contributed by atoms with Crippen molar-refractivity contribution in [3.63, 3.8) is 0 Å². The molecule has 0 spiro atoms. The fourth-order valence-electron chi connectivity index (χ4n) is 5.64. The lowest BCUT2D eigenvalue weighted by Gasteiger charge is -2.48. The van der Waals surface area contributed by atoms with Crippen LogP contribution in [-0.2, 0) is 7.05 Å². The third kappa shape index (κ3) is 5.03. The van der Waals surface area contributed by atoms with E-state index in [0.717, 1.165) is 11.1 Å². The number of aryl methyl sites for hydroxylation is 1. The van der Waals surface area contributed by atoms with Crippen LogP contribution in [0.15, 0.2) is 65.5 Å². The van der Waals surface area contributed by atoms with E-state index in [4.69, 9.17) is 11.3 Å². The Kier molecular flexibility index (Phi) is 7.55. The standard InChI is InChI=1S/C31H31F2N5O2/c1-6-40-27-15-23(33)11-12-24(27)31(21-7-9-22(32)10-8-21)38-18-19(2)37(17-20(38)3)26-16-29(39)36(5)25-13-14-28(34-4)35-30(25)26/h7-16,19-20,31H,6,17-18H2,1-3,5H3/t19-,20+,31?/m0/s1. The highest BCUT2D eigenvalue weighted by Gasteiger charge is 2.37. The number of pyridine rings is 2. The maximum absolute atomic E-state index is 14.3. The molecule has 9 heteroatoms. The number of anilines is 1. The van der Waals surface area contributed by atoms with Crippen molar-refractivity contribution in [2.45, 2.75) is 38.9 Å². The first-order valence-electron chi connectivity index (χ1n) is 13.3. The van der Waals surface area contributed by atoms with Gasteiger partial charge in [-0.15, -0.1) is 4.98 Å². The molecule has 0 saturated carbocycles. The summed E-state index contributed by atoms with van der Waals surface area (Å²) in [5.74, 6) is -0.00258. The number of hydrogen-bond acceptors (Lipinski definition) is 5. The van der Waals surface area contributed by atoms with Crippen LogP contribution in [0.3, 0.4) is 0 Å². The molecule has 0 bridgehead atoms. The Hall–Kier alpha value is -4.29. The van der Waals surface area contributed by atoms with Crippen molar-refractivity contribution in [3.05, 3.63) is 105 Å². The average molecular weight is 544 g/mol. The zero-order valence-corrected chi connectivity index (χ0v) is 22.9. The molecule has 2 aromatic heterocycles. The molecule has 4 aromatic rings. The monoisotopic (exact) mass is 543 g/mol. The third-order valence-corrected chi connectivity index (χ3v) is 7.60. The van der Waals surface area contributed by atoms with Gasteiger partial charge >= 0.3 is 0 Å². The molecule has 0 amide bonds. The van der Waals surface area contributed by atoms with Gasteiger partial charge in [0.25, 0.3) is 11.4 Å². The highest BCUT2D eigenvalue weighted by Crippen LogP contribution is 2.39. The van der Waals surface area contributed by atoms with Crippen LogP contribution in [0.25, 0.3) is 15.9 Å². The topological polar surface area (TPSA) is 55.0 Å². The quantitative estimate of drug-likeness (QED) is 0.286. The smallest absolute Gasteiger partial charge is 0.270 e. The summed E-state index contributed by atoms with van der Waals surface area (Å²) in [4.78, 5) is 25.4. The van der Waals surface area contributed by atoms with E-state index in [0.29, 0.717) is 42.2 Å². The lowest BCUT2D eigenvalue weighted by atomic mass is 9.92. The Bertz CT molecular complexity index is 1650. The predicted molar refractivity (Wildman–Crippen MR) is 152 cm³/mol. The minimum absolute atomic E-state index is 0.0334. The van der Waals surface area contributed by atoms with E-state index >= 15 is 0 Å². The van der Waals surface area contributed by atoms with E-state index in [1.165, 1.54) is 28.8 Å². The molecule has 7 nitrogen and oxygen atoms in total. The van der Waals surface area contributed by atoms with Crippen LogP contribution in [0.2, 0.25) is 0 Å². The molecule has 3 atom stereocenters. The second-order valence-corrected chi connectivity index (χ2v) is 10.2. The summed E-state index contributed by atoms with van der Waals surface area (Å²) in [6.45, 7) is 15.0. The van der Waals surface area contributed by atoms with E-state index in [1.54, 1.807) is 43.4 Å². The van der Waals surface area contributed by atoms with Gasteiger partial charge in [-0.1, -0.05) is 24.8 Å². The molecule has 40 heavy (non-hydrogen) atoms. The van der Waals surface area contributed by atoms with Crippen LogP contribution < -0.4 is 15.2 Å². The first-order chi connectivity index (χ1) is 19.2. The van der Waals surface area contributed by atoms with Crippen LogP contribution in [0, 0.1) is 18.2 Å². The van der Waals surface area contributed by atoms with Gasteiger partial charge in [0, 0.05) is 49.9 Å². The minimum Gasteiger partial charge on any atom is -0.493 e. The van der Waals surface area contributed by atoms with Gasteiger partial charge in [0.05, 0.1) is 23.9 Å². The van der Waals surface area contributed by atoms with Gasteiger partial charge in [-0.05, 0) is 56.7 Å². The number of nitrogens with zero attached hydrogens (tertiary/aromatic N) is 5. The molecule has 0 N–H and O–H groups in total. The summed E-state index contributed by atoms with van der Waals surface area (Å²) < 4.78 is 35.6. The lowest BCUT2D eigenvalue weighted by Crippen LogP contribution is -2.57. The fourth-order valence-corrected chi connectivity index (χ4v) is 5.64. The van der Waals surface area contributed by atoms with Crippen LogP contribution >= 0.6 is 0 Å². The second kappa shape index (κ2) is 11.1. The van der Waals surface area contributed by atoms with Crippen molar-refractivity contribution in [3.8, 4) is 5.75 Å². The first-order valence-corrected chi connectivity index (χ1v) is 13.3. The summed E-state index contributed by atoms with van der Waals surface area (Å²) in [6, 6.07) is 15.5. The lowest BCUT2D eigenvalue weighted by molar-refractivity contribution is 0.127. The van der Waals surface area contributed by atoms with Crippen molar-refractivity contribution < 1.29 is 13.5 Å². The minimum atomic E-state index is -0.389. The molecule has 3 heterocycles. The molecular weight excluding hydrogens is 512 g/mol. The fraction of sp³-hybridized carbons (Fsp3) is 0.323. The zero-order chi connectivity index (χ0) is 28.6. The maximum atomic E-state index is 14.3. The Morgan fingerprint density at radius 3 is 2.45 bits per heavy atom. The van der Waals surface area contributed by atoms with Crippen LogP contribution in [0.5, 0.6) is 5.75 Å². The second-order valence-electron chi connectivity index (χ2n) is 10.2. The van der Waals surface area contributed by atoms with Gasteiger partial charge in [0.15, 0.2) is 0 Å². The Labute approximate surface area is 232 Å². The largest absolute Gasteiger partial charge is 0.493 e. The molecule has 5 rings (SSSR count). The molecular formula is C31H31F2N5O2. The first kappa shape index (κ1) is 27.3. The number of rotatable bonds is 6. The number of piperazine rings is 1. The molecule has 1 aliphatic heterocycles. The van der Waals surface area contributed by atoms with Crippen molar-refractivity contribution in [1.29, 1.82) is 0 Å². The SMILES string of the molecule is [C-]#[N+]c1ccc2c(n1)c(N1C[C@@H](C)N(C(c3ccc(F)cc3)c3ccc(F)cc3OCC)C[C@@H]1C)cc(=O)n2C. The van der Waals surface area contributed by atoms with E-state index in [-0.39, 0.29) is 41.1 Å². The maximum Gasteiger partial charge on any atom is 0.270 e. The summed E-state index contributed by atoms with van der Waals surface area (Å²) in [5, 5.41) is 0. The van der Waals surface area contributed by atoms with Gasteiger partial charge in [-0.3, -0.25) is 9.69 Å².